The highest BCUT2D eigenvalue weighted by Crippen LogP contribution is 2.29. The maximum atomic E-state index is 5.28. The fourth-order valence-corrected chi connectivity index (χ4v) is 3.35. The number of para-hydroxylation sites is 2. The topological polar surface area (TPSA) is 39.1 Å². The van der Waals surface area contributed by atoms with Gasteiger partial charge in [0.2, 0.25) is 0 Å². The van der Waals surface area contributed by atoms with Gasteiger partial charge in [0.1, 0.15) is 11.6 Å². The van der Waals surface area contributed by atoms with E-state index in [1.165, 1.54) is 12.8 Å². The van der Waals surface area contributed by atoms with E-state index >= 15 is 0 Å². The van der Waals surface area contributed by atoms with E-state index in [0.29, 0.717) is 6.04 Å². The summed E-state index contributed by atoms with van der Waals surface area (Å²) < 4.78 is 7.56. The van der Waals surface area contributed by atoms with Crippen LogP contribution in [0.4, 0.5) is 0 Å². The zero-order valence-corrected chi connectivity index (χ0v) is 13.3. The van der Waals surface area contributed by atoms with Gasteiger partial charge in [-0.2, -0.15) is 0 Å². The summed E-state index contributed by atoms with van der Waals surface area (Å²) in [6, 6.07) is 16.9. The lowest BCUT2D eigenvalue weighted by molar-refractivity contribution is 0.395. The molecular formula is C19H21N3O. The van der Waals surface area contributed by atoms with Crippen LogP contribution in [0.25, 0.3) is 16.7 Å². The number of fused-ring (bicyclic) bond motifs is 1. The van der Waals surface area contributed by atoms with Crippen molar-refractivity contribution in [2.24, 2.45) is 0 Å². The zero-order valence-electron chi connectivity index (χ0n) is 13.3. The lowest BCUT2D eigenvalue weighted by atomic mass is 10.0. The predicted molar refractivity (Wildman–Crippen MR) is 92.2 cm³/mol. The molecule has 1 N–H and O–H groups in total. The molecule has 2 heterocycles. The molecule has 1 aliphatic rings. The highest BCUT2D eigenvalue weighted by Gasteiger charge is 2.22. The fourth-order valence-electron chi connectivity index (χ4n) is 3.35. The summed E-state index contributed by atoms with van der Waals surface area (Å²) in [4.78, 5) is 4.92. The molecule has 23 heavy (non-hydrogen) atoms. The van der Waals surface area contributed by atoms with Gasteiger partial charge in [0.15, 0.2) is 0 Å². The second-order valence-corrected chi connectivity index (χ2v) is 5.99. The Labute approximate surface area is 136 Å². The third kappa shape index (κ3) is 2.59. The maximum absolute atomic E-state index is 5.28. The number of piperidine rings is 1. The molecular weight excluding hydrogens is 286 g/mol. The molecule has 2 aromatic carbocycles. The van der Waals surface area contributed by atoms with Crippen LogP contribution in [-0.2, 0) is 0 Å². The van der Waals surface area contributed by atoms with Gasteiger partial charge in [0, 0.05) is 5.69 Å². The summed E-state index contributed by atoms with van der Waals surface area (Å²) in [7, 11) is 1.69. The van der Waals surface area contributed by atoms with Crippen LogP contribution in [0.2, 0.25) is 0 Å². The molecule has 4 rings (SSSR count). The zero-order chi connectivity index (χ0) is 15.6. The molecule has 3 aromatic rings. The molecule has 1 saturated heterocycles. The Morgan fingerprint density at radius 3 is 2.65 bits per heavy atom. The van der Waals surface area contributed by atoms with Gasteiger partial charge in [-0.1, -0.05) is 18.6 Å². The molecule has 0 saturated carbocycles. The molecule has 1 atom stereocenters. The van der Waals surface area contributed by atoms with Crippen LogP contribution in [0.5, 0.6) is 5.75 Å². The Bertz CT molecular complexity index is 801. The lowest BCUT2D eigenvalue weighted by Crippen LogP contribution is -2.29. The summed E-state index contributed by atoms with van der Waals surface area (Å²) in [5, 5.41) is 3.62. The van der Waals surface area contributed by atoms with Crippen molar-refractivity contribution in [1.82, 2.24) is 14.9 Å². The first-order chi connectivity index (χ1) is 11.4. The van der Waals surface area contributed by atoms with E-state index in [4.69, 9.17) is 9.72 Å². The number of imidazole rings is 1. The number of methoxy groups -OCH3 is 1. The quantitative estimate of drug-likeness (QED) is 0.799. The largest absolute Gasteiger partial charge is 0.497 e. The molecule has 1 aliphatic heterocycles. The van der Waals surface area contributed by atoms with E-state index in [2.05, 4.69) is 40.2 Å². The summed E-state index contributed by atoms with van der Waals surface area (Å²) >= 11 is 0. The highest BCUT2D eigenvalue weighted by atomic mass is 16.5. The average Bonchev–Trinajstić information content (AvgIpc) is 3.02. The fraction of sp³-hybridized carbons (Fsp3) is 0.316. The van der Waals surface area contributed by atoms with Gasteiger partial charge in [-0.15, -0.1) is 0 Å². The van der Waals surface area contributed by atoms with Gasteiger partial charge in [0.05, 0.1) is 24.2 Å². The summed E-state index contributed by atoms with van der Waals surface area (Å²) in [5.74, 6) is 1.98. The average molecular weight is 307 g/mol. The normalized spacial score (nSPS) is 18.2. The number of ether oxygens (including phenoxy) is 1. The minimum absolute atomic E-state index is 0.318. The van der Waals surface area contributed by atoms with Gasteiger partial charge in [-0.05, 0) is 55.8 Å². The van der Waals surface area contributed by atoms with E-state index in [-0.39, 0.29) is 0 Å². The molecule has 1 unspecified atom stereocenters. The van der Waals surface area contributed by atoms with Gasteiger partial charge >= 0.3 is 0 Å². The second-order valence-electron chi connectivity index (χ2n) is 5.99. The lowest BCUT2D eigenvalue weighted by Gasteiger charge is -2.24. The standard InChI is InChI=1S/C19H21N3O/c1-23-15-11-9-14(10-12-15)22-18-8-3-2-6-16(18)21-19(22)17-7-4-5-13-20-17/h2-3,6,8-12,17,20H,4-5,7,13H2,1H3. The SMILES string of the molecule is COc1ccc(-n2c(C3CCCCN3)nc3ccccc32)cc1. The number of nitrogens with one attached hydrogen (secondary N) is 1. The van der Waals surface area contributed by atoms with Crippen LogP contribution in [-0.4, -0.2) is 23.2 Å². The smallest absolute Gasteiger partial charge is 0.131 e. The van der Waals surface area contributed by atoms with E-state index in [1.807, 2.05) is 18.2 Å². The second kappa shape index (κ2) is 6.05. The Balaban J connectivity index is 1.87. The third-order valence-corrected chi connectivity index (χ3v) is 4.54. The molecule has 4 heteroatoms. The van der Waals surface area contributed by atoms with Crippen LogP contribution < -0.4 is 10.1 Å². The Hall–Kier alpha value is -2.33. The van der Waals surface area contributed by atoms with Gasteiger partial charge in [-0.3, -0.25) is 4.57 Å². The van der Waals surface area contributed by atoms with Crippen LogP contribution in [0.3, 0.4) is 0 Å². The van der Waals surface area contributed by atoms with Gasteiger partial charge in [0.25, 0.3) is 0 Å². The number of hydrogen-bond acceptors (Lipinski definition) is 3. The van der Waals surface area contributed by atoms with E-state index in [9.17, 15) is 0 Å². The van der Waals surface area contributed by atoms with Crippen molar-refractivity contribution in [3.63, 3.8) is 0 Å². The van der Waals surface area contributed by atoms with Crippen molar-refractivity contribution in [1.29, 1.82) is 0 Å². The first-order valence-electron chi connectivity index (χ1n) is 8.22. The van der Waals surface area contributed by atoms with Crippen LogP contribution in [0, 0.1) is 0 Å². The number of benzene rings is 2. The molecule has 0 bridgehead atoms. The van der Waals surface area contributed by atoms with Crippen molar-refractivity contribution in [2.45, 2.75) is 25.3 Å². The van der Waals surface area contributed by atoms with Gasteiger partial charge in [-0.25, -0.2) is 4.98 Å². The first-order valence-corrected chi connectivity index (χ1v) is 8.22. The monoisotopic (exact) mass is 307 g/mol. The van der Waals surface area contributed by atoms with Crippen LogP contribution in [0.15, 0.2) is 48.5 Å². The highest BCUT2D eigenvalue weighted by molar-refractivity contribution is 5.78. The van der Waals surface area contributed by atoms with E-state index in [0.717, 1.165) is 41.3 Å². The number of rotatable bonds is 3. The van der Waals surface area contributed by atoms with Crippen LogP contribution >= 0.6 is 0 Å². The minimum Gasteiger partial charge on any atom is -0.497 e. The Morgan fingerprint density at radius 2 is 1.91 bits per heavy atom. The first kappa shape index (κ1) is 14.3. The van der Waals surface area contributed by atoms with Crippen molar-refractivity contribution >= 4 is 11.0 Å². The Morgan fingerprint density at radius 1 is 1.09 bits per heavy atom. The maximum Gasteiger partial charge on any atom is 0.131 e. The number of nitrogens with zero attached hydrogens (tertiary/aromatic N) is 2. The predicted octanol–water partition coefficient (Wildman–Crippen LogP) is 3.85. The third-order valence-electron chi connectivity index (χ3n) is 4.54. The van der Waals surface area contributed by atoms with E-state index in [1.54, 1.807) is 7.11 Å². The van der Waals surface area contributed by atoms with Crippen molar-refractivity contribution in [3.05, 3.63) is 54.4 Å². The van der Waals surface area contributed by atoms with Crippen LogP contribution in [0.1, 0.15) is 31.1 Å². The summed E-state index contributed by atoms with van der Waals surface area (Å²) in [6.07, 6.45) is 3.64. The molecule has 0 amide bonds. The number of hydrogen-bond donors (Lipinski definition) is 1. The molecule has 1 fully saturated rings. The number of aromatic nitrogens is 2. The molecule has 0 spiro atoms. The molecule has 118 valence electrons. The van der Waals surface area contributed by atoms with Crippen molar-refractivity contribution in [3.8, 4) is 11.4 Å². The summed E-state index contributed by atoms with van der Waals surface area (Å²) in [5.41, 5.74) is 3.33. The molecule has 4 nitrogen and oxygen atoms in total. The minimum atomic E-state index is 0.318. The van der Waals surface area contributed by atoms with Crippen molar-refractivity contribution < 1.29 is 4.74 Å². The molecule has 0 aliphatic carbocycles. The Kier molecular flexibility index (Phi) is 3.75. The summed E-state index contributed by atoms with van der Waals surface area (Å²) in [6.45, 7) is 1.07. The van der Waals surface area contributed by atoms with Gasteiger partial charge < -0.3 is 10.1 Å². The van der Waals surface area contributed by atoms with Crippen molar-refractivity contribution in [2.75, 3.05) is 13.7 Å². The van der Waals surface area contributed by atoms with E-state index < -0.39 is 0 Å². The molecule has 1 aromatic heterocycles. The molecule has 0 radical (unpaired) electrons.